The molecule has 2 aliphatic heterocycles. The number of rotatable bonds is 7. The van der Waals surface area contributed by atoms with Crippen LogP contribution in [0.5, 0.6) is 6.01 Å². The van der Waals surface area contributed by atoms with E-state index in [9.17, 15) is 4.79 Å². The summed E-state index contributed by atoms with van der Waals surface area (Å²) in [5, 5.41) is 0. The zero-order valence-corrected chi connectivity index (χ0v) is 15.8. The lowest BCUT2D eigenvalue weighted by Crippen LogP contribution is -2.67. The highest BCUT2D eigenvalue weighted by Gasteiger charge is 2.49. The van der Waals surface area contributed by atoms with Crippen molar-refractivity contribution in [2.24, 2.45) is 5.92 Å². The van der Waals surface area contributed by atoms with Gasteiger partial charge >= 0.3 is 6.01 Å². The molecule has 1 spiro atoms. The molecule has 2 saturated heterocycles. The molecule has 1 amide bonds. The minimum atomic E-state index is -0.158. The summed E-state index contributed by atoms with van der Waals surface area (Å²) in [7, 11) is 0. The number of hydrogen-bond donors (Lipinski definition) is 0. The summed E-state index contributed by atoms with van der Waals surface area (Å²) in [6, 6.07) is 2.21. The van der Waals surface area contributed by atoms with E-state index in [0.29, 0.717) is 31.6 Å². The van der Waals surface area contributed by atoms with E-state index in [1.165, 1.54) is 12.8 Å². The second-order valence-electron chi connectivity index (χ2n) is 8.03. The molecule has 1 aliphatic carbocycles. The third kappa shape index (κ3) is 4.76. The predicted molar refractivity (Wildman–Crippen MR) is 98.3 cm³/mol. The summed E-state index contributed by atoms with van der Waals surface area (Å²) in [6.45, 7) is 2.98. The van der Waals surface area contributed by atoms with E-state index in [1.807, 2.05) is 4.90 Å². The maximum Gasteiger partial charge on any atom is 0.316 e. The van der Waals surface area contributed by atoms with Gasteiger partial charge in [-0.1, -0.05) is 12.8 Å². The minimum absolute atomic E-state index is 0.0998. The third-order valence-electron chi connectivity index (χ3n) is 5.95. The molecule has 1 saturated carbocycles. The van der Waals surface area contributed by atoms with Crippen molar-refractivity contribution in [3.8, 4) is 6.01 Å². The molecule has 7 nitrogen and oxygen atoms in total. The topological polar surface area (TPSA) is 73.8 Å². The van der Waals surface area contributed by atoms with Crippen LogP contribution in [0, 0.1) is 5.92 Å². The maximum atomic E-state index is 12.3. The van der Waals surface area contributed by atoms with Crippen molar-refractivity contribution in [1.82, 2.24) is 14.9 Å². The molecule has 0 N–H and O–H groups in total. The van der Waals surface area contributed by atoms with Gasteiger partial charge in [-0.15, -0.1) is 0 Å². The van der Waals surface area contributed by atoms with Gasteiger partial charge in [0.15, 0.2) is 0 Å². The number of likely N-dealkylation sites (tertiary alicyclic amines) is 1. The number of carbonyl (C=O) groups excluding carboxylic acids is 1. The Morgan fingerprint density at radius 1 is 1.22 bits per heavy atom. The van der Waals surface area contributed by atoms with Crippen molar-refractivity contribution in [2.45, 2.75) is 56.7 Å². The molecule has 3 fully saturated rings. The molecular formula is C20H29N3O4. The van der Waals surface area contributed by atoms with Gasteiger partial charge in [0.25, 0.3) is 0 Å². The maximum absolute atomic E-state index is 12.3. The zero-order valence-electron chi connectivity index (χ0n) is 15.8. The fraction of sp³-hybridized carbons (Fsp3) is 0.750. The first-order valence-corrected chi connectivity index (χ1v) is 10.2. The van der Waals surface area contributed by atoms with Crippen LogP contribution < -0.4 is 4.74 Å². The highest BCUT2D eigenvalue weighted by Crippen LogP contribution is 2.38. The fourth-order valence-corrected chi connectivity index (χ4v) is 4.43. The van der Waals surface area contributed by atoms with Crippen molar-refractivity contribution in [1.29, 1.82) is 0 Å². The Hall–Kier alpha value is -1.73. The lowest BCUT2D eigenvalue weighted by molar-refractivity contribution is -0.192. The van der Waals surface area contributed by atoms with Gasteiger partial charge in [0, 0.05) is 19.0 Å². The van der Waals surface area contributed by atoms with Crippen molar-refractivity contribution in [3.05, 3.63) is 18.5 Å². The third-order valence-corrected chi connectivity index (χ3v) is 5.95. The number of hydrogen-bond acceptors (Lipinski definition) is 6. The largest absolute Gasteiger partial charge is 0.463 e. The van der Waals surface area contributed by atoms with Crippen molar-refractivity contribution < 1.29 is 19.0 Å². The quantitative estimate of drug-likeness (QED) is 0.727. The number of aromatic nitrogens is 2. The fourth-order valence-electron chi connectivity index (χ4n) is 4.43. The molecule has 3 heterocycles. The molecule has 0 bridgehead atoms. The second kappa shape index (κ2) is 8.52. The Morgan fingerprint density at radius 2 is 2.00 bits per heavy atom. The minimum Gasteiger partial charge on any atom is -0.463 e. The van der Waals surface area contributed by atoms with E-state index >= 15 is 0 Å². The number of nitrogens with zero attached hydrogens (tertiary/aromatic N) is 3. The molecule has 1 aromatic heterocycles. The van der Waals surface area contributed by atoms with Crippen LogP contribution in [0.2, 0.25) is 0 Å². The highest BCUT2D eigenvalue weighted by molar-refractivity contribution is 5.78. The number of carbonyl (C=O) groups is 1. The number of amides is 1. The van der Waals surface area contributed by atoms with Crippen LogP contribution in [-0.2, 0) is 14.3 Å². The van der Waals surface area contributed by atoms with Crippen LogP contribution >= 0.6 is 0 Å². The van der Waals surface area contributed by atoms with Gasteiger partial charge < -0.3 is 19.1 Å². The average molecular weight is 375 g/mol. The lowest BCUT2D eigenvalue weighted by Gasteiger charge is -2.53. The van der Waals surface area contributed by atoms with Gasteiger partial charge in [-0.05, 0) is 44.1 Å². The molecule has 0 unspecified atom stereocenters. The van der Waals surface area contributed by atoms with E-state index in [1.54, 1.807) is 18.5 Å². The Kier molecular flexibility index (Phi) is 5.88. The number of ether oxygens (including phenoxy) is 3. The molecule has 3 aliphatic rings. The zero-order chi connectivity index (χ0) is 18.5. The Morgan fingerprint density at radius 3 is 2.78 bits per heavy atom. The SMILES string of the molecule is O=C(COC1CCCC1)N1CC2(C[C@H](CCOc3ncccn3)CCO2)C1. The standard InChI is InChI=1S/C20H29N3O4/c24-18(13-26-17-4-1-2-5-17)23-14-20(15-23)12-16(7-11-27-20)6-10-25-19-21-8-3-9-22-19/h3,8-9,16-17H,1-2,4-7,10-15H2/t16-/m1/s1. The lowest BCUT2D eigenvalue weighted by atomic mass is 9.79. The van der Waals surface area contributed by atoms with Crippen LogP contribution in [0.4, 0.5) is 0 Å². The Bertz CT molecular complexity index is 615. The molecule has 1 aromatic rings. The van der Waals surface area contributed by atoms with E-state index in [0.717, 1.165) is 38.7 Å². The van der Waals surface area contributed by atoms with E-state index in [2.05, 4.69) is 9.97 Å². The first-order chi connectivity index (χ1) is 13.2. The summed E-state index contributed by atoms with van der Waals surface area (Å²) < 4.78 is 17.4. The monoisotopic (exact) mass is 375 g/mol. The smallest absolute Gasteiger partial charge is 0.316 e. The second-order valence-corrected chi connectivity index (χ2v) is 8.03. The first-order valence-electron chi connectivity index (χ1n) is 10.2. The first kappa shape index (κ1) is 18.6. The molecule has 148 valence electrons. The molecule has 1 atom stereocenters. The van der Waals surface area contributed by atoms with Crippen molar-refractivity contribution in [2.75, 3.05) is 32.9 Å². The predicted octanol–water partition coefficient (Wildman–Crippen LogP) is 2.21. The molecule has 0 aromatic carbocycles. The van der Waals surface area contributed by atoms with Crippen molar-refractivity contribution >= 4 is 5.91 Å². The normalized spacial score (nSPS) is 24.7. The molecular weight excluding hydrogens is 346 g/mol. The van der Waals surface area contributed by atoms with Gasteiger partial charge in [0.2, 0.25) is 5.91 Å². The summed E-state index contributed by atoms with van der Waals surface area (Å²) >= 11 is 0. The van der Waals surface area contributed by atoms with Gasteiger partial charge in [0.1, 0.15) is 12.2 Å². The average Bonchev–Trinajstić information content (AvgIpc) is 3.19. The van der Waals surface area contributed by atoms with Gasteiger partial charge in [-0.3, -0.25) is 4.79 Å². The molecule has 4 rings (SSSR count). The van der Waals surface area contributed by atoms with Crippen LogP contribution in [0.25, 0.3) is 0 Å². The van der Waals surface area contributed by atoms with E-state index < -0.39 is 0 Å². The summed E-state index contributed by atoms with van der Waals surface area (Å²) in [6.07, 6.45) is 11.3. The summed E-state index contributed by atoms with van der Waals surface area (Å²) in [5.41, 5.74) is -0.158. The van der Waals surface area contributed by atoms with Crippen LogP contribution in [-0.4, -0.2) is 65.4 Å². The van der Waals surface area contributed by atoms with Crippen molar-refractivity contribution in [3.63, 3.8) is 0 Å². The van der Waals surface area contributed by atoms with Gasteiger partial charge in [-0.25, -0.2) is 9.97 Å². The Balaban J connectivity index is 1.17. The molecule has 7 heteroatoms. The van der Waals surface area contributed by atoms with Crippen LogP contribution in [0.3, 0.4) is 0 Å². The van der Waals surface area contributed by atoms with Crippen LogP contribution in [0.1, 0.15) is 44.9 Å². The van der Waals surface area contributed by atoms with E-state index in [4.69, 9.17) is 14.2 Å². The molecule has 27 heavy (non-hydrogen) atoms. The summed E-state index contributed by atoms with van der Waals surface area (Å²) in [4.78, 5) is 22.4. The van der Waals surface area contributed by atoms with Crippen LogP contribution in [0.15, 0.2) is 18.5 Å². The van der Waals surface area contributed by atoms with Gasteiger partial charge in [-0.2, -0.15) is 0 Å². The van der Waals surface area contributed by atoms with E-state index in [-0.39, 0.29) is 24.2 Å². The summed E-state index contributed by atoms with van der Waals surface area (Å²) in [5.74, 6) is 0.650. The Labute approximate surface area is 160 Å². The highest BCUT2D eigenvalue weighted by atomic mass is 16.5. The van der Waals surface area contributed by atoms with Gasteiger partial charge in [0.05, 0.1) is 25.8 Å². The molecule has 0 radical (unpaired) electrons.